The topological polar surface area (TPSA) is 221 Å². The van der Waals surface area contributed by atoms with Crippen LogP contribution in [0.25, 0.3) is 22.2 Å². The van der Waals surface area contributed by atoms with E-state index in [1.807, 2.05) is 0 Å². The average Bonchev–Trinajstić information content (AvgIpc) is 3.75. The number of hydrogen-bond acceptors (Lipinski definition) is 13. The van der Waals surface area contributed by atoms with E-state index in [9.17, 15) is 18.8 Å². The average molecular weight is 721 g/mol. The smallest absolute Gasteiger partial charge is 0.382 e. The molecule has 4 N–H and O–H groups in total. The summed E-state index contributed by atoms with van der Waals surface area (Å²) >= 11 is 14.0. The van der Waals surface area contributed by atoms with Gasteiger partial charge in [-0.3, -0.25) is 22.9 Å². The Morgan fingerprint density at radius 3 is 2.60 bits per heavy atom. The number of imidazole rings is 1. The van der Waals surface area contributed by atoms with Crippen molar-refractivity contribution < 1.29 is 37.1 Å². The van der Waals surface area contributed by atoms with E-state index in [0.717, 1.165) is 0 Å². The fourth-order valence-corrected chi connectivity index (χ4v) is 7.73. The molecule has 6 heterocycles. The number of nitrogens with zero attached hydrogens (tertiary/aromatic N) is 6. The van der Waals surface area contributed by atoms with Crippen LogP contribution in [0.1, 0.15) is 25.3 Å². The summed E-state index contributed by atoms with van der Waals surface area (Å²) in [5.74, 6) is 0.0641. The minimum absolute atomic E-state index is 0.0338. The minimum Gasteiger partial charge on any atom is -0.382 e. The number of rotatable bonds is 11. The summed E-state index contributed by atoms with van der Waals surface area (Å²) in [4.78, 5) is 41.0. The Bertz CT molecular complexity index is 1900. The quantitative estimate of drug-likeness (QED) is 0.0848. The standard InChI is InChI=1S/C23H27ClN8O9P2S2/c1-2-11-3-12(39-22(11)32-10-30-17-18(25)26-8-28-20(17)32)7-38-43(36,45)41-15-4-13(6-37-42(34,35)44)40-23(15)31-5-14(24)16-19(31)27-9-29-21(16)33/h2,5,8-13,15,22-23H,1,3-4,6-7H2,(H,36,45)(H2,25,26,28)(H,27,29,33)(H2,34,35,44)/t11-,12+,13+,15-,22-,23-,43?/m1/s1. The number of ether oxygens (including phenoxy) is 2. The fraction of sp³-hybridized carbons (Fsp3) is 0.435. The highest BCUT2D eigenvalue weighted by Crippen LogP contribution is 2.57. The van der Waals surface area contributed by atoms with E-state index in [0.29, 0.717) is 17.6 Å². The molecule has 4 aromatic heterocycles. The number of thiol groups is 2. The molecule has 2 fully saturated rings. The molecule has 4 aromatic rings. The van der Waals surface area contributed by atoms with Crippen molar-refractivity contribution in [1.82, 2.24) is 34.1 Å². The molecule has 6 rings (SSSR count). The first-order chi connectivity index (χ1) is 21.3. The van der Waals surface area contributed by atoms with Crippen LogP contribution < -0.4 is 11.3 Å². The number of aromatic amines is 1. The Hall–Kier alpha value is -2.28. The maximum absolute atomic E-state index is 13.5. The largest absolute Gasteiger partial charge is 0.386 e. The molecule has 45 heavy (non-hydrogen) atoms. The Balaban J connectivity index is 1.18. The Morgan fingerprint density at radius 1 is 1.11 bits per heavy atom. The van der Waals surface area contributed by atoms with E-state index in [1.165, 1.54) is 23.4 Å². The predicted octanol–water partition coefficient (Wildman–Crippen LogP) is 3.66. The van der Waals surface area contributed by atoms with Crippen LogP contribution in [-0.2, 0) is 32.2 Å². The number of nitrogens with one attached hydrogen (secondary N) is 1. The summed E-state index contributed by atoms with van der Waals surface area (Å²) in [6, 6.07) is 0. The lowest BCUT2D eigenvalue weighted by molar-refractivity contribution is -0.0455. The number of halogens is 1. The van der Waals surface area contributed by atoms with Crippen LogP contribution >= 0.6 is 49.7 Å². The van der Waals surface area contributed by atoms with Crippen LogP contribution in [0.5, 0.6) is 0 Å². The van der Waals surface area contributed by atoms with E-state index in [4.69, 9.17) is 40.4 Å². The highest BCUT2D eigenvalue weighted by Gasteiger charge is 2.44. The van der Waals surface area contributed by atoms with Crippen molar-refractivity contribution in [2.24, 2.45) is 5.92 Å². The number of hydrogen-bond donors (Lipinski definition) is 5. The van der Waals surface area contributed by atoms with Crippen molar-refractivity contribution in [2.75, 3.05) is 18.9 Å². The molecule has 2 aliphatic heterocycles. The van der Waals surface area contributed by atoms with Gasteiger partial charge in [0, 0.05) is 18.5 Å². The number of aromatic nitrogens is 7. The number of fused-ring (bicyclic) bond motifs is 2. The SMILES string of the molecule is C=C[C@@H]1C[C@@H](COP(=O)(S)O[C@@H]2C[C@@H](COP(=O)(O)S)O[C@H]2n2cc(Cl)c3c(=O)[nH]cnc32)O[C@H]1n1cnc2c(N)ncnc21. The Labute approximate surface area is 269 Å². The Kier molecular flexibility index (Phi) is 9.24. The van der Waals surface area contributed by atoms with Crippen LogP contribution in [0.4, 0.5) is 5.82 Å². The summed E-state index contributed by atoms with van der Waals surface area (Å²) in [5, 5.41) is 0.192. The summed E-state index contributed by atoms with van der Waals surface area (Å²) in [5.41, 5.74) is 6.53. The van der Waals surface area contributed by atoms with Gasteiger partial charge in [-0.05, 0) is 6.42 Å². The maximum atomic E-state index is 13.5. The van der Waals surface area contributed by atoms with Crippen molar-refractivity contribution in [3.8, 4) is 0 Å². The maximum Gasteiger partial charge on any atom is 0.386 e. The molecule has 17 nitrogen and oxygen atoms in total. The summed E-state index contributed by atoms with van der Waals surface area (Å²) in [7, 11) is 0. The van der Waals surface area contributed by atoms with Gasteiger partial charge >= 0.3 is 13.6 Å². The van der Waals surface area contributed by atoms with Crippen LogP contribution in [-0.4, -0.2) is 70.5 Å². The third kappa shape index (κ3) is 6.89. The van der Waals surface area contributed by atoms with Gasteiger partial charge in [0.05, 0.1) is 43.1 Å². The van der Waals surface area contributed by atoms with Crippen molar-refractivity contribution in [3.63, 3.8) is 0 Å². The van der Waals surface area contributed by atoms with Crippen molar-refractivity contribution in [1.29, 1.82) is 0 Å². The predicted molar refractivity (Wildman–Crippen MR) is 168 cm³/mol. The van der Waals surface area contributed by atoms with Gasteiger partial charge in [-0.2, -0.15) is 0 Å². The molecule has 0 saturated carbocycles. The lowest BCUT2D eigenvalue weighted by Crippen LogP contribution is -2.23. The molecule has 2 aliphatic rings. The van der Waals surface area contributed by atoms with E-state index >= 15 is 0 Å². The molecule has 0 amide bonds. The van der Waals surface area contributed by atoms with E-state index in [1.54, 1.807) is 17.0 Å². The van der Waals surface area contributed by atoms with Gasteiger partial charge in [-0.25, -0.2) is 29.1 Å². The highest BCUT2D eigenvalue weighted by atomic mass is 35.5. The monoisotopic (exact) mass is 720 g/mol. The lowest BCUT2D eigenvalue weighted by Gasteiger charge is -2.24. The van der Waals surface area contributed by atoms with Crippen molar-refractivity contribution >= 4 is 77.7 Å². The van der Waals surface area contributed by atoms with Crippen LogP contribution in [0.3, 0.4) is 0 Å². The van der Waals surface area contributed by atoms with Crippen LogP contribution in [0.2, 0.25) is 5.02 Å². The summed E-state index contributed by atoms with van der Waals surface area (Å²) < 4.78 is 57.0. The second kappa shape index (κ2) is 12.7. The molecule has 242 valence electrons. The third-order valence-corrected chi connectivity index (χ3v) is 10.1. The normalized spacial score (nSPS) is 28.0. The number of nitrogen functional groups attached to an aromatic ring is 1. The van der Waals surface area contributed by atoms with Gasteiger partial charge in [-0.1, -0.05) is 42.2 Å². The second-order valence-corrected chi connectivity index (χ2v) is 16.3. The van der Waals surface area contributed by atoms with Gasteiger partial charge in [0.25, 0.3) is 5.56 Å². The Morgan fingerprint density at radius 2 is 1.84 bits per heavy atom. The van der Waals surface area contributed by atoms with Crippen molar-refractivity contribution in [3.05, 3.63) is 53.2 Å². The van der Waals surface area contributed by atoms with Crippen molar-refractivity contribution in [2.45, 2.75) is 43.6 Å². The van der Waals surface area contributed by atoms with Crippen LogP contribution in [0, 0.1) is 5.92 Å². The molecular formula is C23H27ClN8O9P2S2. The van der Waals surface area contributed by atoms with E-state index < -0.39 is 49.9 Å². The number of nitrogens with two attached hydrogens (primary N) is 1. The zero-order valence-electron chi connectivity index (χ0n) is 23.0. The summed E-state index contributed by atoms with van der Waals surface area (Å²) in [6.07, 6.45) is 3.79. The summed E-state index contributed by atoms with van der Waals surface area (Å²) in [6.45, 7) is -4.81. The first kappa shape index (κ1) is 32.7. The molecule has 0 radical (unpaired) electrons. The molecular weight excluding hydrogens is 694 g/mol. The fourth-order valence-electron chi connectivity index (χ4n) is 5.39. The van der Waals surface area contributed by atoms with Gasteiger partial charge in [0.15, 0.2) is 23.3 Å². The van der Waals surface area contributed by atoms with Crippen LogP contribution in [0.15, 0.2) is 42.6 Å². The molecule has 8 atom stereocenters. The number of H-pyrrole nitrogens is 1. The molecule has 0 spiro atoms. The second-order valence-electron chi connectivity index (χ2n) is 10.3. The first-order valence-corrected chi connectivity index (χ1v) is 19.1. The molecule has 0 bridgehead atoms. The number of anilines is 1. The molecule has 22 heteroatoms. The van der Waals surface area contributed by atoms with E-state index in [2.05, 4.69) is 56.0 Å². The first-order valence-electron chi connectivity index (χ1n) is 13.3. The van der Waals surface area contributed by atoms with E-state index in [-0.39, 0.29) is 47.4 Å². The van der Waals surface area contributed by atoms with Gasteiger partial charge in [-0.15, -0.1) is 6.58 Å². The minimum atomic E-state index is -4.13. The zero-order valence-corrected chi connectivity index (χ0v) is 27.4. The molecule has 2 unspecified atom stereocenters. The van der Waals surface area contributed by atoms with Gasteiger partial charge in [0.2, 0.25) is 0 Å². The lowest BCUT2D eigenvalue weighted by atomic mass is 10.0. The zero-order chi connectivity index (χ0) is 32.1. The van der Waals surface area contributed by atoms with Gasteiger partial charge in [0.1, 0.15) is 29.6 Å². The highest BCUT2D eigenvalue weighted by molar-refractivity contribution is 8.44. The third-order valence-electron chi connectivity index (χ3n) is 7.31. The molecule has 2 saturated heterocycles. The van der Waals surface area contributed by atoms with Gasteiger partial charge < -0.3 is 29.7 Å². The molecule has 0 aliphatic carbocycles. The molecule has 0 aromatic carbocycles.